The number of anilines is 1. The molecule has 112 valence electrons. The van der Waals surface area contributed by atoms with Gasteiger partial charge >= 0.3 is 0 Å². The largest absolute Gasteiger partial charge is 0.332 e. The van der Waals surface area contributed by atoms with E-state index in [1.807, 2.05) is 48.9 Å². The van der Waals surface area contributed by atoms with Crippen LogP contribution in [0.4, 0.5) is 5.69 Å². The first kappa shape index (κ1) is 14.6. The molecule has 4 nitrogen and oxygen atoms in total. The van der Waals surface area contributed by atoms with Gasteiger partial charge in [-0.25, -0.2) is 4.98 Å². The van der Waals surface area contributed by atoms with Crippen LogP contribution in [0.5, 0.6) is 0 Å². The predicted molar refractivity (Wildman–Crippen MR) is 89.5 cm³/mol. The van der Waals surface area contributed by atoms with Gasteiger partial charge in [0, 0.05) is 35.0 Å². The second-order valence-electron chi connectivity index (χ2n) is 5.12. The highest BCUT2D eigenvalue weighted by Crippen LogP contribution is 2.23. The molecular weight excluding hydrogens is 298 g/mol. The minimum Gasteiger partial charge on any atom is -0.332 e. The maximum absolute atomic E-state index is 12.6. The van der Waals surface area contributed by atoms with Gasteiger partial charge in [-0.05, 0) is 43.7 Å². The van der Waals surface area contributed by atoms with Crippen molar-refractivity contribution in [2.75, 3.05) is 5.32 Å². The van der Waals surface area contributed by atoms with Crippen molar-refractivity contribution in [3.63, 3.8) is 0 Å². The zero-order valence-corrected chi connectivity index (χ0v) is 13.2. The van der Waals surface area contributed by atoms with E-state index < -0.39 is 0 Å². The lowest BCUT2D eigenvalue weighted by molar-refractivity contribution is 0.102. The summed E-state index contributed by atoms with van der Waals surface area (Å²) >= 11 is 6.10. The number of carbonyl (C=O) groups is 1. The summed E-state index contributed by atoms with van der Waals surface area (Å²) in [5, 5.41) is 4.37. The van der Waals surface area contributed by atoms with Crippen LogP contribution in [0, 0.1) is 6.92 Å². The Morgan fingerprint density at radius 3 is 2.91 bits per heavy atom. The maximum atomic E-state index is 12.6. The number of nitrogens with zero attached hydrogens (tertiary/aromatic N) is 2. The number of benzene rings is 1. The van der Waals surface area contributed by atoms with Crippen LogP contribution in [0.2, 0.25) is 5.02 Å². The highest BCUT2D eigenvalue weighted by Gasteiger charge is 2.15. The molecule has 2 aromatic heterocycles. The van der Waals surface area contributed by atoms with Crippen molar-refractivity contribution < 1.29 is 4.79 Å². The molecule has 0 unspecified atom stereocenters. The monoisotopic (exact) mass is 313 g/mol. The van der Waals surface area contributed by atoms with Crippen LogP contribution in [0.15, 0.2) is 42.7 Å². The average Bonchev–Trinajstić information content (AvgIpc) is 2.90. The van der Waals surface area contributed by atoms with E-state index in [0.717, 1.165) is 23.1 Å². The Bertz CT molecular complexity index is 854. The van der Waals surface area contributed by atoms with Gasteiger partial charge in [0.05, 0.1) is 5.56 Å². The van der Waals surface area contributed by atoms with Crippen molar-refractivity contribution in [2.45, 2.75) is 20.4 Å². The first-order valence-corrected chi connectivity index (χ1v) is 7.49. The molecule has 0 saturated carbocycles. The molecule has 2 heterocycles. The van der Waals surface area contributed by atoms with Gasteiger partial charge in [0.25, 0.3) is 5.91 Å². The molecule has 0 spiro atoms. The standard InChI is InChI=1S/C17H16ClN3O/c1-3-21-10-14(13-5-4-8-19-16(13)21)17(22)20-12-7-6-11(2)15(18)9-12/h4-10H,3H2,1-2H3,(H,20,22). The van der Waals surface area contributed by atoms with Crippen LogP contribution in [-0.4, -0.2) is 15.5 Å². The van der Waals surface area contributed by atoms with Crippen molar-refractivity contribution >= 4 is 34.2 Å². The van der Waals surface area contributed by atoms with Gasteiger partial charge in [-0.1, -0.05) is 17.7 Å². The zero-order valence-electron chi connectivity index (χ0n) is 12.4. The van der Waals surface area contributed by atoms with Crippen molar-refractivity contribution in [3.8, 4) is 0 Å². The SMILES string of the molecule is CCn1cc(C(=O)Nc2ccc(C)c(Cl)c2)c2cccnc21. The van der Waals surface area contributed by atoms with E-state index in [2.05, 4.69) is 10.3 Å². The van der Waals surface area contributed by atoms with Crippen molar-refractivity contribution in [3.05, 3.63) is 58.9 Å². The molecule has 0 saturated heterocycles. The lowest BCUT2D eigenvalue weighted by atomic mass is 10.2. The molecule has 0 aliphatic carbocycles. The van der Waals surface area contributed by atoms with E-state index in [9.17, 15) is 4.79 Å². The molecule has 0 radical (unpaired) electrons. The molecule has 0 fully saturated rings. The Morgan fingerprint density at radius 2 is 2.18 bits per heavy atom. The van der Waals surface area contributed by atoms with Gasteiger partial charge < -0.3 is 9.88 Å². The molecule has 1 N–H and O–H groups in total. The van der Waals surface area contributed by atoms with Crippen LogP contribution >= 0.6 is 11.6 Å². The number of rotatable bonds is 3. The smallest absolute Gasteiger partial charge is 0.257 e. The van der Waals surface area contributed by atoms with E-state index in [1.54, 1.807) is 12.3 Å². The number of aromatic nitrogens is 2. The number of fused-ring (bicyclic) bond motifs is 1. The zero-order chi connectivity index (χ0) is 15.7. The molecular formula is C17H16ClN3O. The van der Waals surface area contributed by atoms with Crippen molar-refractivity contribution in [1.82, 2.24) is 9.55 Å². The lowest BCUT2D eigenvalue weighted by Crippen LogP contribution is -2.11. The number of nitrogens with one attached hydrogen (secondary N) is 1. The van der Waals surface area contributed by atoms with Gasteiger partial charge in [-0.2, -0.15) is 0 Å². The molecule has 0 aliphatic rings. The lowest BCUT2D eigenvalue weighted by Gasteiger charge is -2.06. The fourth-order valence-electron chi connectivity index (χ4n) is 2.41. The summed E-state index contributed by atoms with van der Waals surface area (Å²) in [6, 6.07) is 9.23. The van der Waals surface area contributed by atoms with Crippen molar-refractivity contribution in [1.29, 1.82) is 0 Å². The first-order valence-electron chi connectivity index (χ1n) is 7.11. The first-order chi connectivity index (χ1) is 10.6. The number of hydrogen-bond donors (Lipinski definition) is 1. The number of carbonyl (C=O) groups excluding carboxylic acids is 1. The molecule has 0 aliphatic heterocycles. The van der Waals surface area contributed by atoms with Crippen LogP contribution < -0.4 is 5.32 Å². The second-order valence-corrected chi connectivity index (χ2v) is 5.53. The van der Waals surface area contributed by atoms with Crippen molar-refractivity contribution in [2.24, 2.45) is 0 Å². The summed E-state index contributed by atoms with van der Waals surface area (Å²) in [4.78, 5) is 16.9. The number of amides is 1. The third-order valence-electron chi connectivity index (χ3n) is 3.65. The van der Waals surface area contributed by atoms with E-state index in [0.29, 0.717) is 16.3 Å². The van der Waals surface area contributed by atoms with Gasteiger partial charge in [-0.3, -0.25) is 4.79 Å². The van der Waals surface area contributed by atoms with Gasteiger partial charge in [-0.15, -0.1) is 0 Å². The Morgan fingerprint density at radius 1 is 1.36 bits per heavy atom. The molecule has 5 heteroatoms. The fraction of sp³-hybridized carbons (Fsp3) is 0.176. The number of hydrogen-bond acceptors (Lipinski definition) is 2. The molecule has 3 rings (SSSR count). The van der Waals surface area contributed by atoms with Crippen LogP contribution in [-0.2, 0) is 6.54 Å². The van der Waals surface area contributed by atoms with Gasteiger partial charge in [0.1, 0.15) is 5.65 Å². The summed E-state index contributed by atoms with van der Waals surface area (Å²) < 4.78 is 1.96. The second kappa shape index (κ2) is 5.81. The molecule has 1 amide bonds. The third-order valence-corrected chi connectivity index (χ3v) is 4.06. The fourth-order valence-corrected chi connectivity index (χ4v) is 2.59. The van der Waals surface area contributed by atoms with E-state index in [-0.39, 0.29) is 5.91 Å². The number of halogens is 1. The minimum atomic E-state index is -0.162. The van der Waals surface area contributed by atoms with Crippen LogP contribution in [0.25, 0.3) is 11.0 Å². The van der Waals surface area contributed by atoms with Crippen LogP contribution in [0.1, 0.15) is 22.8 Å². The summed E-state index contributed by atoms with van der Waals surface area (Å²) in [5.74, 6) is -0.162. The topological polar surface area (TPSA) is 46.9 Å². The quantitative estimate of drug-likeness (QED) is 0.785. The maximum Gasteiger partial charge on any atom is 0.257 e. The number of pyridine rings is 1. The van der Waals surface area contributed by atoms with Gasteiger partial charge in [0.15, 0.2) is 0 Å². The molecule has 3 aromatic rings. The summed E-state index contributed by atoms with van der Waals surface area (Å²) in [6.07, 6.45) is 3.57. The number of aryl methyl sites for hydroxylation is 2. The Balaban J connectivity index is 1.97. The Kier molecular flexibility index (Phi) is 3.86. The Labute approximate surface area is 133 Å². The molecule has 22 heavy (non-hydrogen) atoms. The minimum absolute atomic E-state index is 0.162. The average molecular weight is 314 g/mol. The predicted octanol–water partition coefficient (Wildman–Crippen LogP) is 4.27. The normalized spacial score (nSPS) is 10.9. The Hall–Kier alpha value is -2.33. The van der Waals surface area contributed by atoms with E-state index in [1.165, 1.54) is 0 Å². The molecule has 0 bridgehead atoms. The van der Waals surface area contributed by atoms with E-state index in [4.69, 9.17) is 11.6 Å². The highest BCUT2D eigenvalue weighted by atomic mass is 35.5. The van der Waals surface area contributed by atoms with Gasteiger partial charge in [0.2, 0.25) is 0 Å². The van der Waals surface area contributed by atoms with E-state index >= 15 is 0 Å². The highest BCUT2D eigenvalue weighted by molar-refractivity contribution is 6.31. The summed E-state index contributed by atoms with van der Waals surface area (Å²) in [7, 11) is 0. The third kappa shape index (κ3) is 2.57. The molecule has 0 atom stereocenters. The summed E-state index contributed by atoms with van der Waals surface area (Å²) in [6.45, 7) is 4.71. The summed E-state index contributed by atoms with van der Waals surface area (Å²) in [5.41, 5.74) is 3.09. The van der Waals surface area contributed by atoms with Crippen LogP contribution in [0.3, 0.4) is 0 Å². The molecule has 1 aromatic carbocycles.